The van der Waals surface area contributed by atoms with Gasteiger partial charge in [-0.2, -0.15) is 0 Å². The first-order chi connectivity index (χ1) is 35.5. The lowest BCUT2D eigenvalue weighted by Gasteiger charge is -2.39. The second kappa shape index (κ2) is 18.7. The molecule has 6 heterocycles. The van der Waals surface area contributed by atoms with Gasteiger partial charge < -0.3 is 30.1 Å². The normalized spacial score (nSPS) is 15.1. The molecule has 6 aromatic carbocycles. The molecule has 5 aliphatic heterocycles. The number of nitrogens with zero attached hydrogens (tertiary/aromatic N) is 3. The van der Waals surface area contributed by atoms with Gasteiger partial charge in [0.2, 0.25) is 11.3 Å². The van der Waals surface area contributed by atoms with E-state index in [4.69, 9.17) is 21.1 Å². The number of methoxy groups -OCH3 is 1. The molecule has 7 aromatic rings. The van der Waals surface area contributed by atoms with Crippen LogP contribution in [0.25, 0.3) is 16.5 Å². The maximum atomic E-state index is 13.9. The van der Waals surface area contributed by atoms with Crippen LogP contribution in [0.1, 0.15) is 113 Å². The average Bonchev–Trinajstić information content (AvgIpc) is 3.68. The lowest BCUT2D eigenvalue weighted by molar-refractivity contribution is -0.120. The molecule has 0 aliphatic carbocycles. The van der Waals surface area contributed by atoms with Gasteiger partial charge in [0.25, 0.3) is 11.8 Å². The molecule has 2 amide bonds. The summed E-state index contributed by atoms with van der Waals surface area (Å²) in [6.07, 6.45) is 8.00. The first-order valence-corrected chi connectivity index (χ1v) is 25.8. The van der Waals surface area contributed by atoms with Crippen LogP contribution in [0.4, 0.5) is 5.69 Å². The van der Waals surface area contributed by atoms with E-state index in [0.717, 1.165) is 127 Å². The fourth-order valence-corrected chi connectivity index (χ4v) is 12.3. The summed E-state index contributed by atoms with van der Waals surface area (Å²) in [5, 5.41) is 20.5. The van der Waals surface area contributed by atoms with Crippen molar-refractivity contribution in [1.82, 2.24) is 19.8 Å². The van der Waals surface area contributed by atoms with Crippen LogP contribution in [0.3, 0.4) is 0 Å². The van der Waals surface area contributed by atoms with Crippen molar-refractivity contribution in [1.29, 1.82) is 0 Å². The number of fused-ring (bicyclic) bond motifs is 5. The predicted molar refractivity (Wildman–Crippen MR) is 281 cm³/mol. The zero-order chi connectivity index (χ0) is 50.1. The van der Waals surface area contributed by atoms with Crippen LogP contribution >= 0.6 is 11.6 Å². The molecule has 0 atom stereocenters. The molecule has 0 saturated carbocycles. The second-order valence-corrected chi connectivity index (χ2v) is 20.4. The minimum Gasteiger partial charge on any atom is -0.497 e. The molecule has 0 spiro atoms. The topological polar surface area (TPSA) is 142 Å². The maximum Gasteiger partial charge on any atom is 0.336 e. The van der Waals surface area contributed by atoms with E-state index in [1.54, 1.807) is 48.1 Å². The molecule has 1 aromatic heterocycles. The Hall–Kier alpha value is -7.70. The number of hydrogen-bond acceptors (Lipinski definition) is 7. The van der Waals surface area contributed by atoms with Crippen LogP contribution in [0.5, 0.6) is 17.2 Å². The van der Waals surface area contributed by atoms with E-state index >= 15 is 0 Å². The zero-order valence-electron chi connectivity index (χ0n) is 41.0. The molecule has 12 rings (SSSR count). The lowest BCUT2D eigenvalue weighted by Crippen LogP contribution is -2.45. The van der Waals surface area contributed by atoms with Gasteiger partial charge in [-0.25, -0.2) is 9.37 Å². The number of benzene rings is 6. The number of aromatic nitrogens is 1. The van der Waals surface area contributed by atoms with E-state index in [-0.39, 0.29) is 48.4 Å². The SMILES string of the molecule is COc1ccc2c(c1)c(CC(=O)NCc1ccc(CNC(=O)c3ccc(C4=c5cc6c7c(c5Oc5c4cc4c8c5CCCN8CCC4)CCC[N+]=7CCC6)c(C(=O)O)c3)cc1)c(C)n2C(=O)c1ccc(Cl)cc1. The van der Waals surface area contributed by atoms with Crippen LogP contribution in [-0.4, -0.2) is 66.7 Å². The van der Waals surface area contributed by atoms with E-state index in [0.29, 0.717) is 33.1 Å². The molecule has 0 unspecified atom stereocenters. The molecule has 13 heteroatoms. The minimum atomic E-state index is -1.10. The van der Waals surface area contributed by atoms with Crippen molar-refractivity contribution < 1.29 is 33.8 Å². The molecular weight excluding hydrogens is 938 g/mol. The standard InChI is InChI=1S/C60H54ClN5O7/c1-34-46(47-30-42(72-2)20-22-51(47)66(34)59(69)37-15-18-41(61)19-16-37)31-52(67)62-32-35-11-13-36(14-12-35)33-63-58(68)40-17-21-43(48(29-40)60(70)71)53-49-27-38-7-3-23-64-25-5-9-44(54(38)64)56(49)73-57-45-10-6-26-65-24-4-8-39(55(45)65)28-50(53)57/h11-22,27-30H,3-10,23-26,31-33H2,1-2H3,(H2-,62,63,67,68,70,71)/p+1. The van der Waals surface area contributed by atoms with Gasteiger partial charge in [0.15, 0.2) is 0 Å². The summed E-state index contributed by atoms with van der Waals surface area (Å²) in [7, 11) is 1.58. The Bertz CT molecular complexity index is 3630. The van der Waals surface area contributed by atoms with Crippen molar-refractivity contribution >= 4 is 57.5 Å². The number of nitrogens with one attached hydrogen (secondary N) is 2. The van der Waals surface area contributed by atoms with E-state index in [9.17, 15) is 24.3 Å². The summed E-state index contributed by atoms with van der Waals surface area (Å²) in [6, 6.07) is 29.4. The number of carboxylic acids is 1. The molecule has 0 saturated heterocycles. The highest BCUT2D eigenvalue weighted by molar-refractivity contribution is 6.30. The van der Waals surface area contributed by atoms with Gasteiger partial charge in [-0.05, 0) is 140 Å². The third kappa shape index (κ3) is 8.21. The number of aryl methyl sites for hydroxylation is 2. The maximum absolute atomic E-state index is 13.9. The van der Waals surface area contributed by atoms with Crippen LogP contribution in [0, 0.1) is 6.92 Å². The van der Waals surface area contributed by atoms with Gasteiger partial charge in [0, 0.05) is 99.4 Å². The van der Waals surface area contributed by atoms with Gasteiger partial charge >= 0.3 is 5.97 Å². The van der Waals surface area contributed by atoms with Crippen molar-refractivity contribution in [2.45, 2.75) is 77.8 Å². The van der Waals surface area contributed by atoms with E-state index in [1.165, 1.54) is 39.4 Å². The molecule has 0 radical (unpaired) electrons. The number of rotatable bonds is 11. The van der Waals surface area contributed by atoms with Crippen molar-refractivity contribution in [3.8, 4) is 17.2 Å². The lowest BCUT2D eigenvalue weighted by atomic mass is 9.81. The first-order valence-electron chi connectivity index (χ1n) is 25.4. The molecule has 73 heavy (non-hydrogen) atoms. The smallest absolute Gasteiger partial charge is 0.336 e. The van der Waals surface area contributed by atoms with Crippen LogP contribution in [0.2, 0.25) is 5.02 Å². The highest BCUT2D eigenvalue weighted by Crippen LogP contribution is 2.49. The Balaban J connectivity index is 0.779. The molecule has 5 aliphatic rings. The predicted octanol–water partition coefficient (Wildman–Crippen LogP) is 8.22. The van der Waals surface area contributed by atoms with Crippen LogP contribution in [-0.2, 0) is 50.0 Å². The second-order valence-electron chi connectivity index (χ2n) is 20.0. The highest BCUT2D eigenvalue weighted by Gasteiger charge is 2.37. The molecule has 368 valence electrons. The monoisotopic (exact) mass is 992 g/mol. The van der Waals surface area contributed by atoms with E-state index < -0.39 is 5.97 Å². The van der Waals surface area contributed by atoms with Crippen molar-refractivity contribution in [2.75, 3.05) is 38.2 Å². The average molecular weight is 994 g/mol. The number of hydrogen-bond donors (Lipinski definition) is 3. The van der Waals surface area contributed by atoms with Crippen molar-refractivity contribution in [2.24, 2.45) is 0 Å². The number of amides is 2. The largest absolute Gasteiger partial charge is 0.497 e. The summed E-state index contributed by atoms with van der Waals surface area (Å²) in [4.78, 5) is 57.1. The molecule has 0 fully saturated rings. The number of ether oxygens (including phenoxy) is 2. The van der Waals surface area contributed by atoms with Gasteiger partial charge in [-0.3, -0.25) is 19.0 Å². The fourth-order valence-electron chi connectivity index (χ4n) is 12.2. The summed E-state index contributed by atoms with van der Waals surface area (Å²) in [5.41, 5.74) is 13.3. The first kappa shape index (κ1) is 46.4. The third-order valence-electron chi connectivity index (χ3n) is 15.6. The summed E-state index contributed by atoms with van der Waals surface area (Å²) < 4.78 is 16.8. The van der Waals surface area contributed by atoms with Gasteiger partial charge in [-0.1, -0.05) is 41.9 Å². The summed E-state index contributed by atoms with van der Waals surface area (Å²) >= 11 is 6.10. The van der Waals surface area contributed by atoms with E-state index in [1.807, 2.05) is 49.4 Å². The Labute approximate surface area is 427 Å². The highest BCUT2D eigenvalue weighted by atomic mass is 35.5. The van der Waals surface area contributed by atoms with Crippen molar-refractivity contribution in [3.05, 3.63) is 185 Å². The Morgan fingerprint density at radius 1 is 0.740 bits per heavy atom. The summed E-state index contributed by atoms with van der Waals surface area (Å²) in [6.45, 7) is 6.44. The number of anilines is 1. The van der Waals surface area contributed by atoms with Gasteiger partial charge in [-0.15, -0.1) is 0 Å². The van der Waals surface area contributed by atoms with Gasteiger partial charge in [0.1, 0.15) is 30.3 Å². The van der Waals surface area contributed by atoms with E-state index in [2.05, 4.69) is 32.2 Å². The Morgan fingerprint density at radius 3 is 2.19 bits per heavy atom. The van der Waals surface area contributed by atoms with Crippen molar-refractivity contribution in [3.63, 3.8) is 0 Å². The minimum absolute atomic E-state index is 0.0442. The molecular formula is C60H55ClN5O7+. The number of carbonyl (C=O) groups is 4. The quantitative estimate of drug-likeness (QED) is 0.110. The molecule has 0 bridgehead atoms. The van der Waals surface area contributed by atoms with Crippen LogP contribution < -0.4 is 40.2 Å². The summed E-state index contributed by atoms with van der Waals surface area (Å²) in [5.74, 6) is 0.393. The Kier molecular flexibility index (Phi) is 11.9. The molecule has 12 nitrogen and oxygen atoms in total. The third-order valence-corrected chi connectivity index (χ3v) is 15.9. The van der Waals surface area contributed by atoms with Gasteiger partial charge in [0.05, 0.1) is 30.2 Å². The number of carbonyl (C=O) groups excluding carboxylic acids is 3. The zero-order valence-corrected chi connectivity index (χ0v) is 41.7. The number of halogens is 1. The number of carboxylic acid groups (broad SMARTS) is 1. The fraction of sp³-hybridized carbons (Fsp3) is 0.283. The Morgan fingerprint density at radius 2 is 1.44 bits per heavy atom. The number of aromatic carboxylic acids is 1. The molecule has 3 N–H and O–H groups in total. The van der Waals surface area contributed by atoms with Crippen LogP contribution in [0.15, 0.2) is 97.1 Å².